The van der Waals surface area contributed by atoms with Crippen LogP contribution < -0.4 is 10.9 Å². The number of aliphatic hydroxyl groups is 1. The number of carbonyl (C=O) groups is 1. The highest BCUT2D eigenvalue weighted by atomic mass is 35.5. The fraction of sp³-hybridized carbons (Fsp3) is 0.0588. The number of aliphatic hydroxyl groups excluding tert-OH is 1. The lowest BCUT2D eigenvalue weighted by molar-refractivity contribution is -0.124. The van der Waals surface area contributed by atoms with Gasteiger partial charge in [-0.2, -0.15) is 0 Å². The van der Waals surface area contributed by atoms with Gasteiger partial charge < -0.3 is 15.4 Å². The van der Waals surface area contributed by atoms with E-state index in [0.717, 1.165) is 0 Å². The van der Waals surface area contributed by atoms with Crippen LogP contribution in [0.5, 0.6) is 0 Å². The third kappa shape index (κ3) is 3.28. The first-order valence-corrected chi connectivity index (χ1v) is 7.76. The molecule has 1 amide bonds. The van der Waals surface area contributed by atoms with Crippen LogP contribution in [0.3, 0.4) is 0 Å². The van der Waals surface area contributed by atoms with E-state index in [1.165, 1.54) is 12.3 Å². The molecule has 0 bridgehead atoms. The minimum atomic E-state index is -1.37. The van der Waals surface area contributed by atoms with Gasteiger partial charge in [0.2, 0.25) is 0 Å². The fourth-order valence-electron chi connectivity index (χ4n) is 2.30. The standard InChI is InChI=1S/C17H12Cl2N2O3/c18-11-3-1-9(2-4-11)15(22)17(24)21-14-7-10-5-6-20-16(23)12(10)8-13(14)19/h1-8,15,22H,(H,20,23)(H,21,24). The summed E-state index contributed by atoms with van der Waals surface area (Å²) in [4.78, 5) is 26.5. The Balaban J connectivity index is 1.88. The molecule has 1 heterocycles. The first kappa shape index (κ1) is 16.5. The zero-order chi connectivity index (χ0) is 17.3. The molecule has 0 saturated carbocycles. The number of aromatic nitrogens is 1. The Morgan fingerprint density at radius 1 is 1.12 bits per heavy atom. The molecular weight excluding hydrogens is 351 g/mol. The third-order valence-electron chi connectivity index (χ3n) is 3.55. The number of nitrogens with one attached hydrogen (secondary N) is 2. The molecule has 7 heteroatoms. The first-order valence-electron chi connectivity index (χ1n) is 7.01. The number of benzene rings is 2. The molecule has 0 aliphatic heterocycles. The summed E-state index contributed by atoms with van der Waals surface area (Å²) in [7, 11) is 0. The highest BCUT2D eigenvalue weighted by Crippen LogP contribution is 2.27. The van der Waals surface area contributed by atoms with Crippen LogP contribution in [0.2, 0.25) is 10.0 Å². The number of amides is 1. The van der Waals surface area contributed by atoms with Gasteiger partial charge in [0.15, 0.2) is 6.10 Å². The highest BCUT2D eigenvalue weighted by molar-refractivity contribution is 6.34. The Bertz CT molecular complexity index is 968. The zero-order valence-electron chi connectivity index (χ0n) is 12.2. The van der Waals surface area contributed by atoms with Gasteiger partial charge in [-0.3, -0.25) is 9.59 Å². The van der Waals surface area contributed by atoms with Gasteiger partial charge in [0.25, 0.3) is 11.5 Å². The van der Waals surface area contributed by atoms with E-state index in [4.69, 9.17) is 23.2 Å². The van der Waals surface area contributed by atoms with Crippen LogP contribution in [-0.2, 0) is 4.79 Å². The van der Waals surface area contributed by atoms with Crippen molar-refractivity contribution in [2.24, 2.45) is 0 Å². The van der Waals surface area contributed by atoms with Gasteiger partial charge in [-0.05, 0) is 41.3 Å². The van der Waals surface area contributed by atoms with E-state index in [2.05, 4.69) is 10.3 Å². The Morgan fingerprint density at radius 2 is 1.83 bits per heavy atom. The topological polar surface area (TPSA) is 82.2 Å². The van der Waals surface area contributed by atoms with Crippen LogP contribution in [0.25, 0.3) is 10.8 Å². The fourth-order valence-corrected chi connectivity index (χ4v) is 2.64. The molecule has 0 spiro atoms. The predicted octanol–water partition coefficient (Wildman–Crippen LogP) is 3.51. The van der Waals surface area contributed by atoms with E-state index >= 15 is 0 Å². The second-order valence-electron chi connectivity index (χ2n) is 5.17. The van der Waals surface area contributed by atoms with E-state index in [9.17, 15) is 14.7 Å². The Labute approximate surface area is 146 Å². The molecule has 1 aromatic heterocycles. The number of carbonyl (C=O) groups excluding carboxylic acids is 1. The molecule has 1 unspecified atom stereocenters. The molecule has 122 valence electrons. The molecule has 0 fully saturated rings. The maximum atomic E-state index is 12.2. The SMILES string of the molecule is O=C(Nc1cc2cc[nH]c(=O)c2cc1Cl)C(O)c1ccc(Cl)cc1. The van der Waals surface area contributed by atoms with Gasteiger partial charge in [0.1, 0.15) is 0 Å². The van der Waals surface area contributed by atoms with Gasteiger partial charge in [-0.25, -0.2) is 0 Å². The van der Waals surface area contributed by atoms with Crippen LogP contribution in [0.4, 0.5) is 5.69 Å². The molecule has 3 rings (SSSR count). The van der Waals surface area contributed by atoms with Crippen molar-refractivity contribution in [2.45, 2.75) is 6.10 Å². The number of rotatable bonds is 3. The van der Waals surface area contributed by atoms with Crippen molar-refractivity contribution in [1.29, 1.82) is 0 Å². The predicted molar refractivity (Wildman–Crippen MR) is 94.6 cm³/mol. The molecule has 24 heavy (non-hydrogen) atoms. The lowest BCUT2D eigenvalue weighted by Crippen LogP contribution is -2.21. The lowest BCUT2D eigenvalue weighted by atomic mass is 10.1. The van der Waals surface area contributed by atoms with Crippen molar-refractivity contribution in [3.05, 3.63) is 74.6 Å². The molecule has 0 aliphatic carbocycles. The monoisotopic (exact) mass is 362 g/mol. The Kier molecular flexibility index (Phi) is 4.57. The maximum Gasteiger partial charge on any atom is 0.257 e. The molecule has 3 N–H and O–H groups in total. The minimum Gasteiger partial charge on any atom is -0.378 e. The number of pyridine rings is 1. The summed E-state index contributed by atoms with van der Waals surface area (Å²) in [6, 6.07) is 11.0. The molecule has 2 aromatic carbocycles. The van der Waals surface area contributed by atoms with Gasteiger partial charge >= 0.3 is 0 Å². The van der Waals surface area contributed by atoms with Crippen molar-refractivity contribution in [2.75, 3.05) is 5.32 Å². The average molecular weight is 363 g/mol. The number of aromatic amines is 1. The second-order valence-corrected chi connectivity index (χ2v) is 6.01. The summed E-state index contributed by atoms with van der Waals surface area (Å²) in [6.45, 7) is 0. The van der Waals surface area contributed by atoms with Crippen molar-refractivity contribution in [3.63, 3.8) is 0 Å². The molecule has 0 aliphatic rings. The van der Waals surface area contributed by atoms with Crippen molar-refractivity contribution >= 4 is 45.6 Å². The van der Waals surface area contributed by atoms with Crippen LogP contribution >= 0.6 is 23.2 Å². The van der Waals surface area contributed by atoms with Crippen LogP contribution in [0.1, 0.15) is 11.7 Å². The quantitative estimate of drug-likeness (QED) is 0.666. The average Bonchev–Trinajstić information content (AvgIpc) is 2.56. The van der Waals surface area contributed by atoms with E-state index < -0.39 is 12.0 Å². The van der Waals surface area contributed by atoms with Gasteiger partial charge in [0, 0.05) is 16.6 Å². The third-order valence-corrected chi connectivity index (χ3v) is 4.12. The van der Waals surface area contributed by atoms with Crippen molar-refractivity contribution in [3.8, 4) is 0 Å². The number of halogens is 2. The van der Waals surface area contributed by atoms with Gasteiger partial charge in [-0.1, -0.05) is 35.3 Å². The van der Waals surface area contributed by atoms with E-state index in [1.807, 2.05) is 0 Å². The molecule has 1 atom stereocenters. The number of H-pyrrole nitrogens is 1. The number of hydrogen-bond donors (Lipinski definition) is 3. The molecule has 5 nitrogen and oxygen atoms in total. The van der Waals surface area contributed by atoms with Crippen LogP contribution in [-0.4, -0.2) is 16.0 Å². The van der Waals surface area contributed by atoms with Crippen molar-refractivity contribution in [1.82, 2.24) is 4.98 Å². The van der Waals surface area contributed by atoms with Crippen LogP contribution in [0, 0.1) is 0 Å². The molecule has 0 radical (unpaired) electrons. The molecule has 0 saturated heterocycles. The summed E-state index contributed by atoms with van der Waals surface area (Å²) in [5.41, 5.74) is 0.450. The largest absolute Gasteiger partial charge is 0.378 e. The summed E-state index contributed by atoms with van der Waals surface area (Å²) in [6.07, 6.45) is 0.139. The Hall–Kier alpha value is -2.34. The normalized spacial score (nSPS) is 12.1. The summed E-state index contributed by atoms with van der Waals surface area (Å²) >= 11 is 11.9. The lowest BCUT2D eigenvalue weighted by Gasteiger charge is -2.13. The van der Waals surface area contributed by atoms with E-state index in [1.54, 1.807) is 36.4 Å². The Morgan fingerprint density at radius 3 is 2.54 bits per heavy atom. The number of hydrogen-bond acceptors (Lipinski definition) is 3. The molecule has 3 aromatic rings. The first-order chi connectivity index (χ1) is 11.5. The maximum absolute atomic E-state index is 12.2. The van der Waals surface area contributed by atoms with E-state index in [0.29, 0.717) is 27.0 Å². The summed E-state index contributed by atoms with van der Waals surface area (Å²) < 4.78 is 0. The highest BCUT2D eigenvalue weighted by Gasteiger charge is 2.18. The van der Waals surface area contributed by atoms with Crippen molar-refractivity contribution < 1.29 is 9.90 Å². The summed E-state index contributed by atoms with van der Waals surface area (Å²) in [5, 5.41) is 14.5. The minimum absolute atomic E-state index is 0.204. The number of fused-ring (bicyclic) bond motifs is 1. The van der Waals surface area contributed by atoms with Gasteiger partial charge in [0.05, 0.1) is 10.7 Å². The zero-order valence-corrected chi connectivity index (χ0v) is 13.7. The van der Waals surface area contributed by atoms with Crippen LogP contribution in [0.15, 0.2) is 53.5 Å². The van der Waals surface area contributed by atoms with E-state index in [-0.39, 0.29) is 10.6 Å². The molecular formula is C17H12Cl2N2O3. The van der Waals surface area contributed by atoms with Gasteiger partial charge in [-0.15, -0.1) is 0 Å². The summed E-state index contributed by atoms with van der Waals surface area (Å²) in [5.74, 6) is -0.636. The number of anilines is 1. The second kappa shape index (κ2) is 6.65. The smallest absolute Gasteiger partial charge is 0.257 e.